The van der Waals surface area contributed by atoms with Crippen LogP contribution in [0, 0.1) is 0 Å². The van der Waals surface area contributed by atoms with E-state index in [1.807, 2.05) is 12.1 Å². The highest BCUT2D eigenvalue weighted by Gasteiger charge is 2.04. The fourth-order valence-electron chi connectivity index (χ4n) is 1.19. The van der Waals surface area contributed by atoms with E-state index in [0.29, 0.717) is 18.0 Å². The fraction of sp³-hybridized carbons (Fsp3) is 0.333. The number of amides is 1. The smallest absolute Gasteiger partial charge is 0.410 e. The second kappa shape index (κ2) is 5.90. The normalized spacial score (nSPS) is 9.94. The van der Waals surface area contributed by atoms with E-state index >= 15 is 0 Å². The van der Waals surface area contributed by atoms with Crippen LogP contribution in [0.25, 0.3) is 0 Å². The minimum absolute atomic E-state index is 0.0388. The van der Waals surface area contributed by atoms with Gasteiger partial charge in [0.15, 0.2) is 0 Å². The lowest BCUT2D eigenvalue weighted by molar-refractivity contribution is -0.107. The molecule has 0 unspecified atom stereocenters. The van der Waals surface area contributed by atoms with Crippen molar-refractivity contribution in [2.45, 2.75) is 19.8 Å². The predicted octanol–water partition coefficient (Wildman–Crippen LogP) is 2.10. The monoisotopic (exact) mass is 221 g/mol. The highest BCUT2D eigenvalue weighted by Crippen LogP contribution is 2.18. The average molecular weight is 221 g/mol. The number of aldehydes is 1. The molecule has 0 atom stereocenters. The summed E-state index contributed by atoms with van der Waals surface area (Å²) in [6.45, 7) is 4.14. The molecule has 4 heteroatoms. The zero-order valence-electron chi connectivity index (χ0n) is 9.40. The van der Waals surface area contributed by atoms with Crippen LogP contribution in [0.5, 0.6) is 5.75 Å². The van der Waals surface area contributed by atoms with E-state index in [1.165, 1.54) is 5.56 Å². The number of nitrogens with one attached hydrogen (secondary N) is 1. The standard InChI is InChI=1S/C12H15NO3/c1-9(2)10-3-5-11(6-4-10)16-12(15)13-7-8-14/h3-6,8-9H,7H2,1-2H3,(H,13,15). The first-order valence-electron chi connectivity index (χ1n) is 5.12. The lowest BCUT2D eigenvalue weighted by atomic mass is 10.0. The number of hydrogen-bond acceptors (Lipinski definition) is 3. The Hall–Kier alpha value is -1.84. The zero-order valence-corrected chi connectivity index (χ0v) is 9.40. The molecule has 1 rings (SSSR count). The maximum Gasteiger partial charge on any atom is 0.412 e. The summed E-state index contributed by atoms with van der Waals surface area (Å²) in [6.07, 6.45) is -0.0206. The summed E-state index contributed by atoms with van der Waals surface area (Å²) in [6, 6.07) is 7.28. The van der Waals surface area contributed by atoms with Crippen LogP contribution in [0.2, 0.25) is 0 Å². The van der Waals surface area contributed by atoms with Crippen LogP contribution in [0.3, 0.4) is 0 Å². The van der Waals surface area contributed by atoms with E-state index in [1.54, 1.807) is 12.1 Å². The van der Waals surface area contributed by atoms with Crippen LogP contribution in [0.15, 0.2) is 24.3 Å². The van der Waals surface area contributed by atoms with Crippen LogP contribution in [-0.4, -0.2) is 18.9 Å². The van der Waals surface area contributed by atoms with Crippen molar-refractivity contribution < 1.29 is 14.3 Å². The van der Waals surface area contributed by atoms with E-state index in [0.717, 1.165) is 0 Å². The SMILES string of the molecule is CC(C)c1ccc(OC(=O)NCC=O)cc1. The molecule has 0 aliphatic heterocycles. The first kappa shape index (κ1) is 12.2. The summed E-state index contributed by atoms with van der Waals surface area (Å²) >= 11 is 0. The zero-order chi connectivity index (χ0) is 12.0. The lowest BCUT2D eigenvalue weighted by Crippen LogP contribution is -2.28. The molecule has 0 heterocycles. The average Bonchev–Trinajstić information content (AvgIpc) is 2.27. The summed E-state index contributed by atoms with van der Waals surface area (Å²) in [4.78, 5) is 21.1. The van der Waals surface area contributed by atoms with Crippen LogP contribution < -0.4 is 10.1 Å². The van der Waals surface area contributed by atoms with Gasteiger partial charge in [0.2, 0.25) is 0 Å². The molecule has 0 spiro atoms. The van der Waals surface area contributed by atoms with E-state index in [-0.39, 0.29) is 6.54 Å². The Balaban J connectivity index is 2.54. The van der Waals surface area contributed by atoms with E-state index in [9.17, 15) is 9.59 Å². The van der Waals surface area contributed by atoms with Gasteiger partial charge >= 0.3 is 6.09 Å². The minimum atomic E-state index is -0.621. The number of hydrogen-bond donors (Lipinski definition) is 1. The van der Waals surface area contributed by atoms with Gasteiger partial charge in [-0.05, 0) is 23.6 Å². The third-order valence-electron chi connectivity index (χ3n) is 2.09. The molecule has 16 heavy (non-hydrogen) atoms. The Morgan fingerprint density at radius 2 is 2.00 bits per heavy atom. The molecule has 0 aliphatic carbocycles. The van der Waals surface area contributed by atoms with Gasteiger partial charge in [0.25, 0.3) is 0 Å². The van der Waals surface area contributed by atoms with Gasteiger partial charge in [-0.25, -0.2) is 4.79 Å². The molecule has 86 valence electrons. The second-order valence-corrected chi connectivity index (χ2v) is 3.66. The fourth-order valence-corrected chi connectivity index (χ4v) is 1.19. The maximum absolute atomic E-state index is 11.1. The Morgan fingerprint density at radius 3 is 2.50 bits per heavy atom. The minimum Gasteiger partial charge on any atom is -0.410 e. The number of benzene rings is 1. The predicted molar refractivity (Wildman–Crippen MR) is 60.6 cm³/mol. The number of carbonyl (C=O) groups excluding carboxylic acids is 2. The molecule has 0 fully saturated rings. The highest BCUT2D eigenvalue weighted by molar-refractivity contribution is 5.73. The van der Waals surface area contributed by atoms with Crippen molar-refractivity contribution in [3.63, 3.8) is 0 Å². The van der Waals surface area contributed by atoms with Crippen molar-refractivity contribution in [1.29, 1.82) is 0 Å². The first-order chi connectivity index (χ1) is 7.63. The molecule has 0 saturated carbocycles. The Kier molecular flexibility index (Phi) is 4.51. The molecule has 0 aliphatic rings. The van der Waals surface area contributed by atoms with Gasteiger partial charge in [0.1, 0.15) is 12.0 Å². The van der Waals surface area contributed by atoms with Gasteiger partial charge in [-0.1, -0.05) is 26.0 Å². The molecular weight excluding hydrogens is 206 g/mol. The molecule has 0 aromatic heterocycles. The van der Waals surface area contributed by atoms with Crippen molar-refractivity contribution in [1.82, 2.24) is 5.32 Å². The topological polar surface area (TPSA) is 55.4 Å². The van der Waals surface area contributed by atoms with Gasteiger partial charge < -0.3 is 14.8 Å². The summed E-state index contributed by atoms with van der Waals surface area (Å²) < 4.78 is 4.94. The molecular formula is C12H15NO3. The summed E-state index contributed by atoms with van der Waals surface area (Å²) in [5.41, 5.74) is 1.18. The van der Waals surface area contributed by atoms with Gasteiger partial charge in [0.05, 0.1) is 6.54 Å². The summed E-state index contributed by atoms with van der Waals surface area (Å²) in [7, 11) is 0. The molecule has 1 aromatic carbocycles. The summed E-state index contributed by atoms with van der Waals surface area (Å²) in [5.74, 6) is 0.908. The van der Waals surface area contributed by atoms with E-state index in [4.69, 9.17) is 4.74 Å². The van der Waals surface area contributed by atoms with Gasteiger partial charge in [0, 0.05) is 0 Å². The highest BCUT2D eigenvalue weighted by atomic mass is 16.6. The first-order valence-corrected chi connectivity index (χ1v) is 5.12. The molecule has 1 aromatic rings. The van der Waals surface area contributed by atoms with Crippen molar-refractivity contribution in [3.8, 4) is 5.75 Å². The lowest BCUT2D eigenvalue weighted by Gasteiger charge is -2.07. The van der Waals surface area contributed by atoms with Crippen LogP contribution in [0.4, 0.5) is 4.79 Å². The molecule has 1 N–H and O–H groups in total. The van der Waals surface area contributed by atoms with Gasteiger partial charge in [-0.3, -0.25) is 0 Å². The molecule has 1 amide bonds. The number of carbonyl (C=O) groups is 2. The van der Waals surface area contributed by atoms with Crippen LogP contribution in [-0.2, 0) is 4.79 Å². The van der Waals surface area contributed by atoms with E-state index in [2.05, 4.69) is 19.2 Å². The summed E-state index contributed by atoms with van der Waals surface area (Å²) in [5, 5.41) is 2.29. The van der Waals surface area contributed by atoms with Gasteiger partial charge in [-0.15, -0.1) is 0 Å². The molecule has 0 saturated heterocycles. The van der Waals surface area contributed by atoms with E-state index < -0.39 is 6.09 Å². The Morgan fingerprint density at radius 1 is 1.38 bits per heavy atom. The number of rotatable bonds is 4. The van der Waals surface area contributed by atoms with Crippen molar-refractivity contribution in [2.75, 3.05) is 6.54 Å². The largest absolute Gasteiger partial charge is 0.412 e. The molecule has 0 bridgehead atoms. The second-order valence-electron chi connectivity index (χ2n) is 3.66. The number of ether oxygens (including phenoxy) is 1. The third-order valence-corrected chi connectivity index (χ3v) is 2.09. The quantitative estimate of drug-likeness (QED) is 0.792. The Bertz CT molecular complexity index is 357. The van der Waals surface area contributed by atoms with Gasteiger partial charge in [-0.2, -0.15) is 0 Å². The van der Waals surface area contributed by atoms with Crippen LogP contribution in [0.1, 0.15) is 25.3 Å². The third kappa shape index (κ3) is 3.73. The van der Waals surface area contributed by atoms with Crippen molar-refractivity contribution in [2.24, 2.45) is 0 Å². The molecule has 0 radical (unpaired) electrons. The Labute approximate surface area is 94.6 Å². The van der Waals surface area contributed by atoms with Crippen molar-refractivity contribution in [3.05, 3.63) is 29.8 Å². The van der Waals surface area contributed by atoms with Crippen molar-refractivity contribution >= 4 is 12.4 Å². The van der Waals surface area contributed by atoms with Crippen LogP contribution >= 0.6 is 0 Å². The maximum atomic E-state index is 11.1. The molecule has 4 nitrogen and oxygen atoms in total.